The number of carbonyl (C=O) groups is 1. The number of aryl methyl sites for hydroxylation is 1. The first-order valence-electron chi connectivity index (χ1n) is 6.83. The van der Waals surface area contributed by atoms with E-state index in [-0.39, 0.29) is 5.69 Å². The van der Waals surface area contributed by atoms with Gasteiger partial charge in [-0.3, -0.25) is 0 Å². The zero-order valence-electron chi connectivity index (χ0n) is 12.0. The number of nitrogens with one attached hydrogen (secondary N) is 1. The fourth-order valence-electron chi connectivity index (χ4n) is 1.97. The standard InChI is InChI=1S/C16H19N3O2/c1-21-16(20)14-10-9-13(17)15(19-14)18-11-5-8-12-6-3-2-4-7-12/h2-4,6-7,9-10H,5,8,11,17H2,1H3,(H,18,19). The highest BCUT2D eigenvalue weighted by molar-refractivity contribution is 5.88. The average Bonchev–Trinajstić information content (AvgIpc) is 2.53. The molecule has 0 atom stereocenters. The van der Waals surface area contributed by atoms with E-state index in [0.29, 0.717) is 11.5 Å². The molecule has 1 heterocycles. The van der Waals surface area contributed by atoms with Gasteiger partial charge in [-0.1, -0.05) is 30.3 Å². The van der Waals surface area contributed by atoms with Crippen molar-refractivity contribution >= 4 is 17.5 Å². The Morgan fingerprint density at radius 3 is 2.71 bits per heavy atom. The number of hydrogen-bond acceptors (Lipinski definition) is 5. The summed E-state index contributed by atoms with van der Waals surface area (Å²) in [6.07, 6.45) is 1.93. The minimum Gasteiger partial charge on any atom is -0.464 e. The van der Waals surface area contributed by atoms with Crippen LogP contribution in [0.2, 0.25) is 0 Å². The minimum absolute atomic E-state index is 0.247. The molecule has 0 aliphatic heterocycles. The Balaban J connectivity index is 1.89. The van der Waals surface area contributed by atoms with Crippen LogP contribution in [0.15, 0.2) is 42.5 Å². The number of ether oxygens (including phenoxy) is 1. The summed E-state index contributed by atoms with van der Waals surface area (Å²) >= 11 is 0. The molecule has 0 fully saturated rings. The number of nitrogens with zero attached hydrogens (tertiary/aromatic N) is 1. The molecule has 2 aromatic rings. The van der Waals surface area contributed by atoms with E-state index in [0.717, 1.165) is 19.4 Å². The molecule has 1 aromatic heterocycles. The molecular formula is C16H19N3O2. The summed E-state index contributed by atoms with van der Waals surface area (Å²) in [4.78, 5) is 15.6. The number of aromatic nitrogens is 1. The van der Waals surface area contributed by atoms with E-state index in [9.17, 15) is 4.79 Å². The van der Waals surface area contributed by atoms with Gasteiger partial charge in [-0.2, -0.15) is 0 Å². The largest absolute Gasteiger partial charge is 0.464 e. The van der Waals surface area contributed by atoms with Crippen molar-refractivity contribution in [2.45, 2.75) is 12.8 Å². The molecule has 0 aliphatic rings. The lowest BCUT2D eigenvalue weighted by Gasteiger charge is -2.09. The second-order valence-electron chi connectivity index (χ2n) is 4.64. The van der Waals surface area contributed by atoms with E-state index in [2.05, 4.69) is 27.2 Å². The van der Waals surface area contributed by atoms with Crippen molar-refractivity contribution in [3.8, 4) is 0 Å². The van der Waals surface area contributed by atoms with Gasteiger partial charge in [0.25, 0.3) is 0 Å². The number of methoxy groups -OCH3 is 1. The molecule has 5 nitrogen and oxygen atoms in total. The molecule has 110 valence electrons. The number of esters is 1. The molecule has 0 bridgehead atoms. The molecule has 0 saturated carbocycles. The van der Waals surface area contributed by atoms with Gasteiger partial charge in [-0.25, -0.2) is 9.78 Å². The van der Waals surface area contributed by atoms with Crippen LogP contribution in [0.4, 0.5) is 11.5 Å². The highest BCUT2D eigenvalue weighted by atomic mass is 16.5. The SMILES string of the molecule is COC(=O)c1ccc(N)c(NCCCc2ccccc2)n1. The third kappa shape index (κ3) is 4.21. The molecule has 0 radical (unpaired) electrons. The van der Waals surface area contributed by atoms with Gasteiger partial charge in [0.05, 0.1) is 12.8 Å². The second-order valence-corrected chi connectivity index (χ2v) is 4.64. The van der Waals surface area contributed by atoms with Crippen molar-refractivity contribution in [3.05, 3.63) is 53.7 Å². The van der Waals surface area contributed by atoms with Gasteiger partial charge in [0.15, 0.2) is 5.69 Å². The molecule has 3 N–H and O–H groups in total. The maximum atomic E-state index is 11.4. The van der Waals surface area contributed by atoms with Gasteiger partial charge in [0.1, 0.15) is 5.82 Å². The Kier molecular flexibility index (Phi) is 5.15. The molecule has 0 aliphatic carbocycles. The van der Waals surface area contributed by atoms with E-state index >= 15 is 0 Å². The monoisotopic (exact) mass is 285 g/mol. The van der Waals surface area contributed by atoms with Gasteiger partial charge >= 0.3 is 5.97 Å². The second kappa shape index (κ2) is 7.28. The maximum Gasteiger partial charge on any atom is 0.356 e. The zero-order valence-corrected chi connectivity index (χ0v) is 12.0. The Bertz CT molecular complexity index is 600. The van der Waals surface area contributed by atoms with Crippen molar-refractivity contribution in [1.29, 1.82) is 0 Å². The first-order valence-corrected chi connectivity index (χ1v) is 6.83. The fourth-order valence-corrected chi connectivity index (χ4v) is 1.97. The molecule has 21 heavy (non-hydrogen) atoms. The third-order valence-corrected chi connectivity index (χ3v) is 3.10. The predicted molar refractivity (Wildman–Crippen MR) is 83.2 cm³/mol. The minimum atomic E-state index is -0.470. The Labute approximate surface area is 124 Å². The van der Waals surface area contributed by atoms with Crippen LogP contribution in [0.1, 0.15) is 22.5 Å². The van der Waals surface area contributed by atoms with Crippen molar-refractivity contribution in [3.63, 3.8) is 0 Å². The smallest absolute Gasteiger partial charge is 0.356 e. The summed E-state index contributed by atoms with van der Waals surface area (Å²) in [5.74, 6) is 0.0493. The van der Waals surface area contributed by atoms with Crippen molar-refractivity contribution in [2.24, 2.45) is 0 Å². The molecule has 0 saturated heterocycles. The number of rotatable bonds is 6. The lowest BCUT2D eigenvalue weighted by atomic mass is 10.1. The first-order chi connectivity index (χ1) is 10.2. The van der Waals surface area contributed by atoms with Crippen LogP contribution in [0.25, 0.3) is 0 Å². The van der Waals surface area contributed by atoms with Gasteiger partial charge in [0.2, 0.25) is 0 Å². The fraction of sp³-hybridized carbons (Fsp3) is 0.250. The normalized spacial score (nSPS) is 10.1. The summed E-state index contributed by atoms with van der Waals surface area (Å²) in [6.45, 7) is 0.733. The number of hydrogen-bond donors (Lipinski definition) is 2. The summed E-state index contributed by atoms with van der Waals surface area (Å²) in [7, 11) is 1.33. The Hall–Kier alpha value is -2.56. The third-order valence-electron chi connectivity index (χ3n) is 3.10. The topological polar surface area (TPSA) is 77.2 Å². The van der Waals surface area contributed by atoms with Crippen molar-refractivity contribution in [2.75, 3.05) is 24.7 Å². The van der Waals surface area contributed by atoms with Gasteiger partial charge < -0.3 is 15.8 Å². The van der Waals surface area contributed by atoms with E-state index in [4.69, 9.17) is 5.73 Å². The molecule has 5 heteroatoms. The summed E-state index contributed by atoms with van der Waals surface area (Å²) in [5.41, 5.74) is 7.91. The Morgan fingerprint density at radius 2 is 2.00 bits per heavy atom. The van der Waals surface area contributed by atoms with Crippen LogP contribution in [0.3, 0.4) is 0 Å². The average molecular weight is 285 g/mol. The Morgan fingerprint density at radius 1 is 1.24 bits per heavy atom. The summed E-state index contributed by atoms with van der Waals surface area (Å²) < 4.78 is 4.64. The predicted octanol–water partition coefficient (Wildman–Crippen LogP) is 2.50. The van der Waals surface area contributed by atoms with Crippen molar-refractivity contribution < 1.29 is 9.53 Å². The summed E-state index contributed by atoms with van der Waals surface area (Å²) in [6, 6.07) is 13.5. The van der Waals surface area contributed by atoms with E-state index < -0.39 is 5.97 Å². The highest BCUT2D eigenvalue weighted by Crippen LogP contribution is 2.16. The molecular weight excluding hydrogens is 266 g/mol. The molecule has 0 amide bonds. The van der Waals surface area contributed by atoms with Crippen LogP contribution in [-0.4, -0.2) is 24.6 Å². The molecule has 1 aromatic carbocycles. The molecule has 0 spiro atoms. The quantitative estimate of drug-likeness (QED) is 0.630. The van der Waals surface area contributed by atoms with Crippen molar-refractivity contribution in [1.82, 2.24) is 4.98 Å². The number of carbonyl (C=O) groups excluding carboxylic acids is 1. The van der Waals surface area contributed by atoms with Crippen LogP contribution in [0.5, 0.6) is 0 Å². The highest BCUT2D eigenvalue weighted by Gasteiger charge is 2.09. The van der Waals surface area contributed by atoms with Crippen LogP contribution in [0, 0.1) is 0 Å². The molecule has 2 rings (SSSR count). The van der Waals surface area contributed by atoms with Crippen LogP contribution < -0.4 is 11.1 Å². The number of nitrogens with two attached hydrogens (primary N) is 1. The number of anilines is 2. The van der Waals surface area contributed by atoms with Crippen LogP contribution >= 0.6 is 0 Å². The number of benzene rings is 1. The van der Waals surface area contributed by atoms with Gasteiger partial charge in [0, 0.05) is 6.54 Å². The van der Waals surface area contributed by atoms with Gasteiger partial charge in [-0.05, 0) is 30.5 Å². The van der Waals surface area contributed by atoms with E-state index in [1.165, 1.54) is 12.7 Å². The van der Waals surface area contributed by atoms with Gasteiger partial charge in [-0.15, -0.1) is 0 Å². The number of pyridine rings is 1. The lowest BCUT2D eigenvalue weighted by Crippen LogP contribution is -2.11. The van der Waals surface area contributed by atoms with E-state index in [1.807, 2.05) is 18.2 Å². The maximum absolute atomic E-state index is 11.4. The lowest BCUT2D eigenvalue weighted by molar-refractivity contribution is 0.0594. The van der Waals surface area contributed by atoms with E-state index in [1.54, 1.807) is 12.1 Å². The zero-order chi connectivity index (χ0) is 15.1. The number of nitrogen functional groups attached to an aromatic ring is 1. The summed E-state index contributed by atoms with van der Waals surface area (Å²) in [5, 5.41) is 3.16. The first kappa shape index (κ1) is 14.8. The molecule has 0 unspecified atom stereocenters. The van der Waals surface area contributed by atoms with Crippen LogP contribution in [-0.2, 0) is 11.2 Å².